The largest absolute Gasteiger partial charge is 0.484 e. The van der Waals surface area contributed by atoms with E-state index < -0.39 is 17.9 Å². The number of benzene rings is 2. The number of ether oxygens (including phenoxy) is 3. The maximum absolute atomic E-state index is 13.5. The number of esters is 1. The smallest absolute Gasteiger partial charge is 0.412 e. The van der Waals surface area contributed by atoms with E-state index >= 15 is 0 Å². The molecule has 2 heterocycles. The molecule has 4 rings (SSSR count). The van der Waals surface area contributed by atoms with E-state index in [-0.39, 0.29) is 29.1 Å². The first-order valence-corrected chi connectivity index (χ1v) is 10.2. The zero-order valence-corrected chi connectivity index (χ0v) is 17.8. The van der Waals surface area contributed by atoms with Crippen molar-refractivity contribution >= 4 is 34.5 Å². The highest BCUT2D eigenvalue weighted by atomic mass is 19.1. The molecule has 1 saturated heterocycles. The topological polar surface area (TPSA) is 121 Å². The number of nitrogens with two attached hydrogens (primary N) is 1. The molecule has 33 heavy (non-hydrogen) atoms. The number of hydrogen-bond donors (Lipinski definition) is 1. The highest BCUT2D eigenvalue weighted by molar-refractivity contribution is 6.12. The summed E-state index contributed by atoms with van der Waals surface area (Å²) in [7, 11) is 0. The minimum atomic E-state index is -1.28. The molecule has 0 spiro atoms. The Kier molecular flexibility index (Phi) is 6.27. The second-order valence-corrected chi connectivity index (χ2v) is 7.43. The minimum absolute atomic E-state index is 0.0726. The number of primary amides is 1. The molecule has 1 aliphatic rings. The minimum Gasteiger partial charge on any atom is -0.484 e. The van der Waals surface area contributed by atoms with E-state index in [0.29, 0.717) is 48.9 Å². The first kappa shape index (κ1) is 22.3. The summed E-state index contributed by atoms with van der Waals surface area (Å²) < 4.78 is 35.2. The molecule has 9 nitrogen and oxygen atoms in total. The fourth-order valence-electron chi connectivity index (χ4n) is 3.61. The predicted molar refractivity (Wildman–Crippen MR) is 116 cm³/mol. The van der Waals surface area contributed by atoms with E-state index in [4.69, 9.17) is 19.6 Å². The molecule has 10 heteroatoms. The highest BCUT2D eigenvalue weighted by Crippen LogP contribution is 2.41. The zero-order chi connectivity index (χ0) is 23.5. The van der Waals surface area contributed by atoms with Gasteiger partial charge in [0.05, 0.1) is 18.9 Å². The van der Waals surface area contributed by atoms with Crippen molar-refractivity contribution in [3.63, 3.8) is 0 Å². The van der Waals surface area contributed by atoms with Gasteiger partial charge >= 0.3 is 12.1 Å². The van der Waals surface area contributed by atoms with Gasteiger partial charge in [0, 0.05) is 30.1 Å². The van der Waals surface area contributed by atoms with Crippen LogP contribution in [0.1, 0.15) is 17.3 Å². The van der Waals surface area contributed by atoms with Crippen molar-refractivity contribution in [2.45, 2.75) is 6.92 Å². The summed E-state index contributed by atoms with van der Waals surface area (Å²) in [4.78, 5) is 37.6. The number of fused-ring (bicyclic) bond motifs is 1. The van der Waals surface area contributed by atoms with E-state index in [0.717, 1.165) is 0 Å². The van der Waals surface area contributed by atoms with E-state index in [2.05, 4.69) is 4.74 Å². The Morgan fingerprint density at radius 3 is 2.45 bits per heavy atom. The van der Waals surface area contributed by atoms with Crippen molar-refractivity contribution in [1.82, 2.24) is 0 Å². The molecule has 172 valence electrons. The molecule has 0 atom stereocenters. The zero-order valence-electron chi connectivity index (χ0n) is 17.8. The quantitative estimate of drug-likeness (QED) is 0.443. The molecule has 0 unspecified atom stereocenters. The van der Waals surface area contributed by atoms with Crippen LogP contribution in [0.3, 0.4) is 0 Å². The number of carbonyl (C=O) groups is 3. The van der Waals surface area contributed by atoms with Crippen LogP contribution in [0.15, 0.2) is 40.8 Å². The number of anilines is 1. The maximum atomic E-state index is 13.5. The van der Waals surface area contributed by atoms with Gasteiger partial charge in [-0.15, -0.1) is 0 Å². The van der Waals surface area contributed by atoms with Gasteiger partial charge in [-0.1, -0.05) is 0 Å². The number of morpholine rings is 1. The Morgan fingerprint density at radius 2 is 1.82 bits per heavy atom. The highest BCUT2D eigenvalue weighted by Gasteiger charge is 2.28. The van der Waals surface area contributed by atoms with Gasteiger partial charge in [0.25, 0.3) is 0 Å². The normalized spacial score (nSPS) is 13.7. The van der Waals surface area contributed by atoms with Crippen molar-refractivity contribution in [3.8, 4) is 17.1 Å². The van der Waals surface area contributed by atoms with Gasteiger partial charge < -0.3 is 29.3 Å². The number of ketones is 1. The van der Waals surface area contributed by atoms with Gasteiger partial charge in [0.2, 0.25) is 0 Å². The van der Waals surface area contributed by atoms with E-state index in [1.165, 1.54) is 31.2 Å². The van der Waals surface area contributed by atoms with E-state index in [9.17, 15) is 18.8 Å². The summed E-state index contributed by atoms with van der Waals surface area (Å²) in [6, 6.07) is 8.54. The predicted octanol–water partition coefficient (Wildman–Crippen LogP) is 3.28. The average Bonchev–Trinajstić information content (AvgIpc) is 3.16. The van der Waals surface area contributed by atoms with Crippen molar-refractivity contribution in [3.05, 3.63) is 47.8 Å². The number of carbonyl (C=O) groups excluding carboxylic acids is 3. The number of amides is 1. The van der Waals surface area contributed by atoms with Crippen molar-refractivity contribution in [2.24, 2.45) is 5.73 Å². The van der Waals surface area contributed by atoms with Gasteiger partial charge in [-0.2, -0.15) is 0 Å². The first-order chi connectivity index (χ1) is 15.8. The Morgan fingerprint density at radius 1 is 1.12 bits per heavy atom. The number of rotatable bonds is 6. The lowest BCUT2D eigenvalue weighted by Gasteiger charge is -2.30. The molecular weight excluding hydrogens is 435 g/mol. The summed E-state index contributed by atoms with van der Waals surface area (Å²) >= 11 is 0. The van der Waals surface area contributed by atoms with Gasteiger partial charge in [0.15, 0.2) is 5.78 Å². The standard InChI is InChI=1S/C23H21FN2O7/c1-13(27)12-31-19-10-16-18(11-17(19)26-6-8-30-9-7-26)32-21(14-2-4-15(24)5-3-14)20(16)22(28)33-23(25)29/h2-5,10-11H,6-9,12H2,1H3,(H2,25,29). The number of nitrogens with zero attached hydrogens (tertiary/aromatic N) is 1. The number of furan rings is 1. The number of halogens is 1. The van der Waals surface area contributed by atoms with Crippen molar-refractivity contribution < 1.29 is 37.4 Å². The summed E-state index contributed by atoms with van der Waals surface area (Å²) in [5.41, 5.74) is 6.32. The molecule has 2 aromatic carbocycles. The van der Waals surface area contributed by atoms with E-state index in [1.807, 2.05) is 4.90 Å². The molecule has 1 aliphatic heterocycles. The summed E-state index contributed by atoms with van der Waals surface area (Å²) in [6.45, 7) is 3.42. The third kappa shape index (κ3) is 4.80. The first-order valence-electron chi connectivity index (χ1n) is 10.2. The lowest BCUT2D eigenvalue weighted by atomic mass is 10.0. The van der Waals surface area contributed by atoms with Crippen LogP contribution in [0, 0.1) is 5.82 Å². The van der Waals surface area contributed by atoms with E-state index in [1.54, 1.807) is 12.1 Å². The second kappa shape index (κ2) is 9.29. The molecule has 1 amide bonds. The van der Waals surface area contributed by atoms with Crippen LogP contribution in [0.4, 0.5) is 14.9 Å². The van der Waals surface area contributed by atoms with Gasteiger partial charge in [-0.3, -0.25) is 4.79 Å². The Labute approximate surface area is 187 Å². The van der Waals surface area contributed by atoms with Crippen LogP contribution in [-0.2, 0) is 14.3 Å². The van der Waals surface area contributed by atoms with Crippen molar-refractivity contribution in [2.75, 3.05) is 37.8 Å². The molecule has 1 fully saturated rings. The third-order valence-corrected chi connectivity index (χ3v) is 5.06. The molecule has 0 aliphatic carbocycles. The molecule has 2 N–H and O–H groups in total. The summed E-state index contributed by atoms with van der Waals surface area (Å²) in [5, 5.41) is 0.288. The lowest BCUT2D eigenvalue weighted by Crippen LogP contribution is -2.36. The fourth-order valence-corrected chi connectivity index (χ4v) is 3.61. The molecule has 0 radical (unpaired) electrons. The third-order valence-electron chi connectivity index (χ3n) is 5.06. The fraction of sp³-hybridized carbons (Fsp3) is 0.261. The molecular formula is C23H21FN2O7. The van der Waals surface area contributed by atoms with Crippen LogP contribution >= 0.6 is 0 Å². The average molecular weight is 456 g/mol. The SMILES string of the molecule is CC(=O)COc1cc2c(C(=O)OC(N)=O)c(-c3ccc(F)cc3)oc2cc1N1CCOCC1. The lowest BCUT2D eigenvalue weighted by molar-refractivity contribution is -0.118. The second-order valence-electron chi connectivity index (χ2n) is 7.43. The van der Waals surface area contributed by atoms with Gasteiger partial charge in [-0.25, -0.2) is 14.0 Å². The van der Waals surface area contributed by atoms with Crippen LogP contribution in [0.25, 0.3) is 22.3 Å². The van der Waals surface area contributed by atoms with Gasteiger partial charge in [-0.05, 0) is 37.3 Å². The summed E-state index contributed by atoms with van der Waals surface area (Å²) in [5.74, 6) is -1.26. The Balaban J connectivity index is 1.91. The van der Waals surface area contributed by atoms with Crippen LogP contribution < -0.4 is 15.4 Å². The Hall–Kier alpha value is -3.92. The van der Waals surface area contributed by atoms with Gasteiger partial charge in [0.1, 0.15) is 35.1 Å². The maximum Gasteiger partial charge on any atom is 0.412 e. The molecule has 0 saturated carbocycles. The molecule has 1 aromatic heterocycles. The molecule has 0 bridgehead atoms. The number of hydrogen-bond acceptors (Lipinski definition) is 8. The number of Topliss-reactive ketones (excluding diaryl/α,β-unsaturated/α-hetero) is 1. The van der Waals surface area contributed by atoms with Crippen LogP contribution in [0.5, 0.6) is 5.75 Å². The Bertz CT molecular complexity index is 1210. The van der Waals surface area contributed by atoms with Crippen LogP contribution in [0.2, 0.25) is 0 Å². The summed E-state index contributed by atoms with van der Waals surface area (Å²) in [6.07, 6.45) is -1.28. The van der Waals surface area contributed by atoms with Crippen LogP contribution in [-0.4, -0.2) is 50.8 Å². The van der Waals surface area contributed by atoms with Crippen molar-refractivity contribution in [1.29, 1.82) is 0 Å². The molecule has 3 aromatic rings. The monoisotopic (exact) mass is 456 g/mol.